The Bertz CT molecular complexity index is 3280. The summed E-state index contributed by atoms with van der Waals surface area (Å²) in [6, 6.07) is 88.8. The highest BCUT2D eigenvalue weighted by Gasteiger charge is 2.22. The molecule has 11 aromatic carbocycles. The SMILES string of the molecule is c1ccc(-c2ccccc2-c2ccccc2-c2c(-c3ccccc3-c3ccccc3)ccc3ccc(-c4c5ccccc5c(-c5ccccc5)c5ccccc45)cc23)cc1. The lowest BCUT2D eigenvalue weighted by molar-refractivity contribution is 1.56. The monoisotopic (exact) mass is 760 g/mol. The molecule has 11 rings (SSSR count). The third-order valence-corrected chi connectivity index (χ3v) is 12.1. The molecule has 60 heavy (non-hydrogen) atoms. The molecule has 0 saturated heterocycles. The Morgan fingerprint density at radius 1 is 0.167 bits per heavy atom. The van der Waals surface area contributed by atoms with Crippen LogP contribution < -0.4 is 0 Å². The van der Waals surface area contributed by atoms with Gasteiger partial charge in [-0.25, -0.2) is 0 Å². The van der Waals surface area contributed by atoms with E-state index in [-0.39, 0.29) is 0 Å². The lowest BCUT2D eigenvalue weighted by Crippen LogP contribution is -1.95. The fourth-order valence-corrected chi connectivity index (χ4v) is 9.46. The molecule has 0 unspecified atom stereocenters. The van der Waals surface area contributed by atoms with Crippen LogP contribution in [0.15, 0.2) is 243 Å². The zero-order chi connectivity index (χ0) is 39.8. The Balaban J connectivity index is 1.24. The van der Waals surface area contributed by atoms with Crippen LogP contribution >= 0.6 is 0 Å². The summed E-state index contributed by atoms with van der Waals surface area (Å²) in [6.45, 7) is 0. The third-order valence-electron chi connectivity index (χ3n) is 12.1. The van der Waals surface area contributed by atoms with Crippen molar-refractivity contribution in [3.8, 4) is 77.9 Å². The Morgan fingerprint density at radius 3 is 1.02 bits per heavy atom. The van der Waals surface area contributed by atoms with Crippen LogP contribution in [0.5, 0.6) is 0 Å². The topological polar surface area (TPSA) is 0 Å². The van der Waals surface area contributed by atoms with E-state index in [1.807, 2.05) is 0 Å². The van der Waals surface area contributed by atoms with Gasteiger partial charge in [0, 0.05) is 0 Å². The number of fused-ring (bicyclic) bond motifs is 3. The van der Waals surface area contributed by atoms with Gasteiger partial charge in [-0.2, -0.15) is 0 Å². The number of rotatable bonds is 7. The highest BCUT2D eigenvalue weighted by atomic mass is 14.2. The molecule has 0 fully saturated rings. The zero-order valence-corrected chi connectivity index (χ0v) is 33.1. The lowest BCUT2D eigenvalue weighted by Gasteiger charge is -2.22. The molecular weight excluding hydrogens is 721 g/mol. The summed E-state index contributed by atoms with van der Waals surface area (Å²) in [5.41, 5.74) is 17.1. The predicted octanol–water partition coefficient (Wildman–Crippen LogP) is 16.8. The quantitative estimate of drug-likeness (QED) is 0.142. The molecule has 0 spiro atoms. The molecule has 0 aliphatic heterocycles. The predicted molar refractivity (Wildman–Crippen MR) is 257 cm³/mol. The number of benzene rings is 11. The fraction of sp³-hybridized carbons (Fsp3) is 0. The van der Waals surface area contributed by atoms with Crippen molar-refractivity contribution in [2.24, 2.45) is 0 Å². The Kier molecular flexibility index (Phi) is 8.95. The minimum absolute atomic E-state index is 1.20. The maximum absolute atomic E-state index is 2.47. The molecule has 11 aromatic rings. The van der Waals surface area contributed by atoms with Gasteiger partial charge < -0.3 is 0 Å². The van der Waals surface area contributed by atoms with Gasteiger partial charge in [0.25, 0.3) is 0 Å². The van der Waals surface area contributed by atoms with Crippen LogP contribution in [0.3, 0.4) is 0 Å². The van der Waals surface area contributed by atoms with Crippen LogP contribution in [-0.4, -0.2) is 0 Å². The third kappa shape index (κ3) is 6.09. The minimum atomic E-state index is 1.20. The molecule has 280 valence electrons. The molecule has 0 aliphatic rings. The summed E-state index contributed by atoms with van der Waals surface area (Å²) in [5, 5.41) is 7.43. The van der Waals surface area contributed by atoms with Crippen molar-refractivity contribution in [2.45, 2.75) is 0 Å². The maximum Gasteiger partial charge on any atom is -0.00201 e. The molecule has 0 nitrogen and oxygen atoms in total. The second-order valence-electron chi connectivity index (χ2n) is 15.5. The molecule has 0 N–H and O–H groups in total. The molecular formula is C60H40. The smallest absolute Gasteiger partial charge is 0.00201 e. The first-order valence-corrected chi connectivity index (χ1v) is 20.8. The van der Waals surface area contributed by atoms with Gasteiger partial charge in [-0.1, -0.05) is 237 Å². The van der Waals surface area contributed by atoms with Gasteiger partial charge in [-0.3, -0.25) is 0 Å². The largest absolute Gasteiger partial charge is 0.0622 e. The first kappa shape index (κ1) is 35.4. The summed E-state index contributed by atoms with van der Waals surface area (Å²) < 4.78 is 0. The van der Waals surface area contributed by atoms with Crippen LogP contribution in [0.2, 0.25) is 0 Å². The van der Waals surface area contributed by atoms with E-state index >= 15 is 0 Å². The van der Waals surface area contributed by atoms with Crippen LogP contribution in [0.4, 0.5) is 0 Å². The van der Waals surface area contributed by atoms with E-state index in [4.69, 9.17) is 0 Å². The summed E-state index contributed by atoms with van der Waals surface area (Å²) in [6.07, 6.45) is 0. The van der Waals surface area contributed by atoms with Crippen molar-refractivity contribution in [1.82, 2.24) is 0 Å². The van der Waals surface area contributed by atoms with Gasteiger partial charge in [0.05, 0.1) is 0 Å². The molecule has 0 atom stereocenters. The van der Waals surface area contributed by atoms with Crippen molar-refractivity contribution in [2.75, 3.05) is 0 Å². The second-order valence-corrected chi connectivity index (χ2v) is 15.5. The van der Waals surface area contributed by atoms with Gasteiger partial charge in [-0.05, 0) is 116 Å². The van der Waals surface area contributed by atoms with Crippen LogP contribution in [0, 0.1) is 0 Å². The van der Waals surface area contributed by atoms with Crippen LogP contribution in [0.1, 0.15) is 0 Å². The van der Waals surface area contributed by atoms with Crippen molar-refractivity contribution < 1.29 is 0 Å². The van der Waals surface area contributed by atoms with Crippen LogP contribution in [-0.2, 0) is 0 Å². The molecule has 0 saturated carbocycles. The van der Waals surface area contributed by atoms with E-state index < -0.39 is 0 Å². The van der Waals surface area contributed by atoms with E-state index in [1.54, 1.807) is 0 Å². The molecule has 0 heteroatoms. The van der Waals surface area contributed by atoms with E-state index in [1.165, 1.54) is 110 Å². The summed E-state index contributed by atoms with van der Waals surface area (Å²) in [5.74, 6) is 0. The van der Waals surface area contributed by atoms with Gasteiger partial charge in [-0.15, -0.1) is 0 Å². The number of hydrogen-bond donors (Lipinski definition) is 0. The van der Waals surface area contributed by atoms with E-state index in [2.05, 4.69) is 243 Å². The molecule has 0 amide bonds. The molecule has 0 aromatic heterocycles. The van der Waals surface area contributed by atoms with Gasteiger partial charge in [0.2, 0.25) is 0 Å². The minimum Gasteiger partial charge on any atom is -0.0622 e. The van der Waals surface area contributed by atoms with Crippen molar-refractivity contribution in [3.63, 3.8) is 0 Å². The Morgan fingerprint density at radius 2 is 0.517 bits per heavy atom. The van der Waals surface area contributed by atoms with E-state index in [9.17, 15) is 0 Å². The highest BCUT2D eigenvalue weighted by Crippen LogP contribution is 2.49. The molecule has 0 bridgehead atoms. The average Bonchev–Trinajstić information content (AvgIpc) is 3.33. The van der Waals surface area contributed by atoms with Gasteiger partial charge in [0.15, 0.2) is 0 Å². The molecule has 0 radical (unpaired) electrons. The lowest BCUT2D eigenvalue weighted by atomic mass is 9.81. The van der Waals surface area contributed by atoms with Gasteiger partial charge in [0.1, 0.15) is 0 Å². The molecule has 0 aliphatic carbocycles. The summed E-state index contributed by atoms with van der Waals surface area (Å²) >= 11 is 0. The van der Waals surface area contributed by atoms with Crippen molar-refractivity contribution >= 4 is 32.3 Å². The van der Waals surface area contributed by atoms with Gasteiger partial charge >= 0.3 is 0 Å². The van der Waals surface area contributed by atoms with Crippen molar-refractivity contribution in [1.29, 1.82) is 0 Å². The van der Waals surface area contributed by atoms with Crippen molar-refractivity contribution in [3.05, 3.63) is 243 Å². The summed E-state index contributed by atoms with van der Waals surface area (Å²) in [4.78, 5) is 0. The van der Waals surface area contributed by atoms with E-state index in [0.29, 0.717) is 0 Å². The highest BCUT2D eigenvalue weighted by molar-refractivity contribution is 6.22. The van der Waals surface area contributed by atoms with Crippen LogP contribution in [0.25, 0.3) is 110 Å². The standard InChI is InChI=1S/C60H40/c1-4-20-41(21-5-1)46-26-10-12-28-48(46)50-30-14-15-31-51(50)60-56(49-29-13-11-27-47(49)42-22-6-2-7-23-42)39-38-43-36-37-45(40-57(43)60)59-54-34-18-16-32-52(54)58(44-24-8-3-9-25-44)53-33-17-19-35-55(53)59/h1-40H. The first-order valence-electron chi connectivity index (χ1n) is 20.8. The second kappa shape index (κ2) is 15.2. The Hall–Kier alpha value is -7.80. The molecule has 0 heterocycles. The van der Waals surface area contributed by atoms with E-state index in [0.717, 1.165) is 0 Å². The number of hydrogen-bond acceptors (Lipinski definition) is 0. The zero-order valence-electron chi connectivity index (χ0n) is 33.1. The summed E-state index contributed by atoms with van der Waals surface area (Å²) in [7, 11) is 0. The fourth-order valence-electron chi connectivity index (χ4n) is 9.46. The Labute approximate surface area is 351 Å². The normalized spacial score (nSPS) is 11.3. The average molecular weight is 761 g/mol. The first-order chi connectivity index (χ1) is 29.8. The maximum atomic E-state index is 2.47.